The number of rotatable bonds is 7. The molecule has 0 fully saturated rings. The summed E-state index contributed by atoms with van der Waals surface area (Å²) in [6.07, 6.45) is 0.0228. The van der Waals surface area contributed by atoms with Gasteiger partial charge in [0.2, 0.25) is 5.91 Å². The van der Waals surface area contributed by atoms with E-state index in [-0.39, 0.29) is 18.9 Å². The molecule has 19 heavy (non-hydrogen) atoms. The molecular formula is C14H20N2O3. The molecular weight excluding hydrogens is 244 g/mol. The average molecular weight is 264 g/mol. The van der Waals surface area contributed by atoms with Crippen molar-refractivity contribution >= 4 is 11.9 Å². The minimum Gasteiger partial charge on any atom is -0.481 e. The van der Waals surface area contributed by atoms with E-state index in [2.05, 4.69) is 5.32 Å². The highest BCUT2D eigenvalue weighted by Crippen LogP contribution is 2.05. The van der Waals surface area contributed by atoms with Crippen LogP contribution in [0.15, 0.2) is 24.3 Å². The Balaban J connectivity index is 2.32. The lowest BCUT2D eigenvalue weighted by atomic mass is 10.1. The Morgan fingerprint density at radius 2 is 1.89 bits per heavy atom. The number of amides is 1. The second-order valence-electron chi connectivity index (χ2n) is 4.56. The SMILES string of the molecule is Cc1ccc(CN(C)C(=O)CNCCC(=O)O)cc1. The lowest BCUT2D eigenvalue weighted by Gasteiger charge is -2.17. The number of carboxylic acid groups (broad SMARTS) is 1. The van der Waals surface area contributed by atoms with Gasteiger partial charge in [0.1, 0.15) is 0 Å². The number of aliphatic carboxylic acids is 1. The zero-order valence-electron chi connectivity index (χ0n) is 11.3. The van der Waals surface area contributed by atoms with Crippen molar-refractivity contribution in [1.29, 1.82) is 0 Å². The fourth-order valence-electron chi connectivity index (χ4n) is 1.58. The summed E-state index contributed by atoms with van der Waals surface area (Å²) in [5, 5.41) is 11.3. The van der Waals surface area contributed by atoms with Crippen LogP contribution in [0.25, 0.3) is 0 Å². The minimum absolute atomic E-state index is 0.0228. The molecule has 5 nitrogen and oxygen atoms in total. The predicted octanol–water partition coefficient (Wildman–Crippen LogP) is 1.02. The molecule has 0 aliphatic heterocycles. The van der Waals surface area contributed by atoms with Gasteiger partial charge < -0.3 is 15.3 Å². The number of hydrogen-bond acceptors (Lipinski definition) is 3. The van der Waals surface area contributed by atoms with Crippen LogP contribution in [0.1, 0.15) is 17.5 Å². The van der Waals surface area contributed by atoms with Crippen LogP contribution < -0.4 is 5.32 Å². The number of benzene rings is 1. The first-order chi connectivity index (χ1) is 8.99. The van der Waals surface area contributed by atoms with Crippen LogP contribution in [0, 0.1) is 6.92 Å². The molecule has 1 aromatic carbocycles. The normalized spacial score (nSPS) is 10.2. The van der Waals surface area contributed by atoms with Crippen LogP contribution in [0.5, 0.6) is 0 Å². The summed E-state index contributed by atoms with van der Waals surface area (Å²) in [5.41, 5.74) is 2.26. The maximum atomic E-state index is 11.8. The maximum absolute atomic E-state index is 11.8. The van der Waals surface area contributed by atoms with Gasteiger partial charge in [0, 0.05) is 20.1 Å². The van der Waals surface area contributed by atoms with E-state index in [1.807, 2.05) is 31.2 Å². The summed E-state index contributed by atoms with van der Waals surface area (Å²) >= 11 is 0. The predicted molar refractivity (Wildman–Crippen MR) is 72.8 cm³/mol. The molecule has 0 spiro atoms. The molecule has 0 aromatic heterocycles. The van der Waals surface area contributed by atoms with Crippen LogP contribution in [-0.2, 0) is 16.1 Å². The molecule has 5 heteroatoms. The van der Waals surface area contributed by atoms with Gasteiger partial charge in [-0.3, -0.25) is 9.59 Å². The van der Waals surface area contributed by atoms with E-state index in [1.165, 1.54) is 5.56 Å². The van der Waals surface area contributed by atoms with Crippen molar-refractivity contribution < 1.29 is 14.7 Å². The van der Waals surface area contributed by atoms with Gasteiger partial charge in [-0.2, -0.15) is 0 Å². The molecule has 0 saturated heterocycles. The molecule has 0 atom stereocenters. The van der Waals surface area contributed by atoms with E-state index in [1.54, 1.807) is 11.9 Å². The van der Waals surface area contributed by atoms with Gasteiger partial charge in [-0.1, -0.05) is 29.8 Å². The Hall–Kier alpha value is -1.88. The summed E-state index contributed by atoms with van der Waals surface area (Å²) in [7, 11) is 1.74. The van der Waals surface area contributed by atoms with Crippen LogP contribution >= 0.6 is 0 Å². The van der Waals surface area contributed by atoms with Gasteiger partial charge in [-0.15, -0.1) is 0 Å². The standard InChI is InChI=1S/C14H20N2O3/c1-11-3-5-12(6-4-11)10-16(2)13(17)9-15-8-7-14(18)19/h3-6,15H,7-10H2,1-2H3,(H,18,19). The van der Waals surface area contributed by atoms with Gasteiger partial charge in [0.05, 0.1) is 13.0 Å². The van der Waals surface area contributed by atoms with Crippen LogP contribution in [0.3, 0.4) is 0 Å². The third kappa shape index (κ3) is 6.01. The van der Waals surface area contributed by atoms with Crippen molar-refractivity contribution in [2.45, 2.75) is 19.9 Å². The highest BCUT2D eigenvalue weighted by molar-refractivity contribution is 5.78. The zero-order chi connectivity index (χ0) is 14.3. The second kappa shape index (κ2) is 7.53. The van der Waals surface area contributed by atoms with Crippen molar-refractivity contribution in [3.05, 3.63) is 35.4 Å². The van der Waals surface area contributed by atoms with Crippen LogP contribution in [0.4, 0.5) is 0 Å². The molecule has 0 saturated carbocycles. The minimum atomic E-state index is -0.868. The van der Waals surface area contributed by atoms with Crippen molar-refractivity contribution in [3.63, 3.8) is 0 Å². The lowest BCUT2D eigenvalue weighted by Crippen LogP contribution is -2.35. The third-order valence-electron chi connectivity index (χ3n) is 2.76. The van der Waals surface area contributed by atoms with Crippen molar-refractivity contribution in [2.24, 2.45) is 0 Å². The van der Waals surface area contributed by atoms with Crippen molar-refractivity contribution in [3.8, 4) is 0 Å². The van der Waals surface area contributed by atoms with Gasteiger partial charge in [-0.05, 0) is 12.5 Å². The quantitative estimate of drug-likeness (QED) is 0.721. The highest BCUT2D eigenvalue weighted by Gasteiger charge is 2.08. The smallest absolute Gasteiger partial charge is 0.304 e. The molecule has 0 aliphatic carbocycles. The Labute approximate surface area is 113 Å². The highest BCUT2D eigenvalue weighted by atomic mass is 16.4. The number of nitrogens with zero attached hydrogens (tertiary/aromatic N) is 1. The van der Waals surface area contributed by atoms with Crippen LogP contribution in [0.2, 0.25) is 0 Å². The number of carbonyl (C=O) groups is 2. The third-order valence-corrected chi connectivity index (χ3v) is 2.76. The van der Waals surface area contributed by atoms with Gasteiger partial charge in [-0.25, -0.2) is 0 Å². The summed E-state index contributed by atoms with van der Waals surface area (Å²) < 4.78 is 0. The van der Waals surface area contributed by atoms with Gasteiger partial charge in [0.25, 0.3) is 0 Å². The average Bonchev–Trinajstić information content (AvgIpc) is 2.36. The molecule has 1 amide bonds. The molecule has 0 aliphatic rings. The molecule has 0 unspecified atom stereocenters. The molecule has 0 radical (unpaired) electrons. The summed E-state index contributed by atoms with van der Waals surface area (Å²) in [6, 6.07) is 8.02. The fraction of sp³-hybridized carbons (Fsp3) is 0.429. The van der Waals surface area contributed by atoms with E-state index in [0.29, 0.717) is 13.1 Å². The van der Waals surface area contributed by atoms with Crippen molar-refractivity contribution in [1.82, 2.24) is 10.2 Å². The number of carbonyl (C=O) groups excluding carboxylic acids is 1. The second-order valence-corrected chi connectivity index (χ2v) is 4.56. The zero-order valence-corrected chi connectivity index (χ0v) is 11.3. The largest absolute Gasteiger partial charge is 0.481 e. The van der Waals surface area contributed by atoms with E-state index in [9.17, 15) is 9.59 Å². The number of likely N-dealkylation sites (N-methyl/N-ethyl adjacent to an activating group) is 1. The Morgan fingerprint density at radius 1 is 1.26 bits per heavy atom. The molecule has 0 bridgehead atoms. The Morgan fingerprint density at radius 3 is 2.47 bits per heavy atom. The lowest BCUT2D eigenvalue weighted by molar-refractivity contribution is -0.137. The molecule has 2 N–H and O–H groups in total. The topological polar surface area (TPSA) is 69.6 Å². The summed E-state index contributed by atoms with van der Waals surface area (Å²) in [5.74, 6) is -0.918. The molecule has 104 valence electrons. The maximum Gasteiger partial charge on any atom is 0.304 e. The Kier molecular flexibility index (Phi) is 6.02. The van der Waals surface area contributed by atoms with Gasteiger partial charge >= 0.3 is 5.97 Å². The fourth-order valence-corrected chi connectivity index (χ4v) is 1.58. The molecule has 0 heterocycles. The number of nitrogens with one attached hydrogen (secondary N) is 1. The summed E-state index contributed by atoms with van der Waals surface area (Å²) in [6.45, 7) is 3.04. The van der Waals surface area contributed by atoms with Gasteiger partial charge in [0.15, 0.2) is 0 Å². The first kappa shape index (κ1) is 15.2. The van der Waals surface area contributed by atoms with Crippen LogP contribution in [-0.4, -0.2) is 42.0 Å². The summed E-state index contributed by atoms with van der Waals surface area (Å²) in [4.78, 5) is 23.7. The molecule has 1 rings (SSSR count). The van der Waals surface area contributed by atoms with Crippen molar-refractivity contribution in [2.75, 3.05) is 20.1 Å². The van der Waals surface area contributed by atoms with E-state index in [0.717, 1.165) is 5.56 Å². The first-order valence-electron chi connectivity index (χ1n) is 6.21. The monoisotopic (exact) mass is 264 g/mol. The first-order valence-corrected chi connectivity index (χ1v) is 6.21. The number of aryl methyl sites for hydroxylation is 1. The van der Waals surface area contributed by atoms with E-state index < -0.39 is 5.97 Å². The molecule has 1 aromatic rings. The number of hydrogen-bond donors (Lipinski definition) is 2. The van der Waals surface area contributed by atoms with E-state index in [4.69, 9.17) is 5.11 Å². The number of carboxylic acids is 1. The Bertz CT molecular complexity index is 429. The van der Waals surface area contributed by atoms with E-state index >= 15 is 0 Å².